The zero-order valence-corrected chi connectivity index (χ0v) is 29.3. The van der Waals surface area contributed by atoms with Crippen molar-refractivity contribution in [1.29, 1.82) is 0 Å². The maximum Gasteiger partial charge on any atom is 0.306 e. The summed E-state index contributed by atoms with van der Waals surface area (Å²) in [5.74, 6) is -0.317. The third kappa shape index (κ3) is 21.7. The second-order valence-electron chi connectivity index (χ2n) is 13.0. The number of allylic oxidation sites excluding steroid dienone is 2. The minimum absolute atomic E-state index is 0.112. The Bertz CT molecular complexity index is 717. The Kier molecular flexibility index (Phi) is 28.0. The van der Waals surface area contributed by atoms with Crippen molar-refractivity contribution in [1.82, 2.24) is 0 Å². The molecular formula is C37H70O9. The molecule has 1 rings (SSSR count). The van der Waals surface area contributed by atoms with Gasteiger partial charge >= 0.3 is 5.97 Å². The average molecular weight is 659 g/mol. The van der Waals surface area contributed by atoms with E-state index in [9.17, 15) is 25.2 Å². The van der Waals surface area contributed by atoms with Crippen molar-refractivity contribution < 1.29 is 44.2 Å². The molecule has 0 aromatic rings. The first-order valence-corrected chi connectivity index (χ1v) is 18.8. The molecule has 0 spiro atoms. The minimum Gasteiger partial charge on any atom is -0.457 e. The quantitative estimate of drug-likeness (QED) is 0.0356. The molecule has 0 aliphatic carbocycles. The van der Waals surface area contributed by atoms with Crippen LogP contribution in [0.15, 0.2) is 12.2 Å². The van der Waals surface area contributed by atoms with Gasteiger partial charge in [0, 0.05) is 13.0 Å². The van der Waals surface area contributed by atoms with Gasteiger partial charge in [-0.1, -0.05) is 129 Å². The third-order valence-corrected chi connectivity index (χ3v) is 8.68. The van der Waals surface area contributed by atoms with Crippen molar-refractivity contribution in [3.8, 4) is 0 Å². The fourth-order valence-corrected chi connectivity index (χ4v) is 5.65. The van der Waals surface area contributed by atoms with E-state index in [1.807, 2.05) is 0 Å². The van der Waals surface area contributed by atoms with Crippen molar-refractivity contribution in [3.05, 3.63) is 12.2 Å². The predicted octanol–water partition coefficient (Wildman–Crippen LogP) is 6.91. The maximum absolute atomic E-state index is 12.6. The van der Waals surface area contributed by atoms with Crippen LogP contribution in [0.2, 0.25) is 0 Å². The summed E-state index contributed by atoms with van der Waals surface area (Å²) in [4.78, 5) is 12.6. The molecule has 1 fully saturated rings. The summed E-state index contributed by atoms with van der Waals surface area (Å²) < 4.78 is 22.7. The van der Waals surface area contributed by atoms with Crippen molar-refractivity contribution in [2.75, 3.05) is 26.4 Å². The summed E-state index contributed by atoms with van der Waals surface area (Å²) >= 11 is 0. The summed E-state index contributed by atoms with van der Waals surface area (Å²) in [5, 5.41) is 39.9. The van der Waals surface area contributed by atoms with Crippen LogP contribution in [0.5, 0.6) is 0 Å². The predicted molar refractivity (Wildman–Crippen MR) is 182 cm³/mol. The molecule has 0 radical (unpaired) electrons. The Hall–Kier alpha value is -1.07. The maximum atomic E-state index is 12.6. The number of carbonyl (C=O) groups is 1. The molecule has 1 heterocycles. The average Bonchev–Trinajstić information content (AvgIpc) is 3.05. The first-order valence-electron chi connectivity index (χ1n) is 18.8. The number of unbranched alkanes of at least 4 members (excludes halogenated alkanes) is 18. The monoisotopic (exact) mass is 659 g/mol. The van der Waals surface area contributed by atoms with E-state index in [-0.39, 0.29) is 19.2 Å². The molecule has 9 nitrogen and oxygen atoms in total. The number of aliphatic hydroxyl groups is 4. The Morgan fingerprint density at radius 3 is 1.83 bits per heavy atom. The van der Waals surface area contributed by atoms with E-state index in [4.69, 9.17) is 18.9 Å². The molecule has 272 valence electrons. The van der Waals surface area contributed by atoms with Crippen molar-refractivity contribution >= 4 is 5.97 Å². The SMILES string of the molecule is CCCC/C=C\CCCCCCCCOCC(COC1OC(CO)C(O)C(O)C1O)OC(=O)CCCCCCCCCCCCC. The second-order valence-corrected chi connectivity index (χ2v) is 13.0. The zero-order valence-electron chi connectivity index (χ0n) is 29.3. The lowest BCUT2D eigenvalue weighted by atomic mass is 9.99. The molecule has 46 heavy (non-hydrogen) atoms. The fraction of sp³-hybridized carbons (Fsp3) is 0.919. The van der Waals surface area contributed by atoms with Crippen LogP contribution in [-0.4, -0.2) is 89.6 Å². The van der Waals surface area contributed by atoms with Crippen LogP contribution in [0.4, 0.5) is 0 Å². The summed E-state index contributed by atoms with van der Waals surface area (Å²) in [6, 6.07) is 0. The number of aliphatic hydroxyl groups excluding tert-OH is 4. The molecule has 0 amide bonds. The van der Waals surface area contributed by atoms with E-state index in [0.717, 1.165) is 38.5 Å². The van der Waals surface area contributed by atoms with Crippen LogP contribution in [0, 0.1) is 0 Å². The van der Waals surface area contributed by atoms with Crippen LogP contribution < -0.4 is 0 Å². The van der Waals surface area contributed by atoms with Crippen LogP contribution >= 0.6 is 0 Å². The summed E-state index contributed by atoms with van der Waals surface area (Å²) in [7, 11) is 0. The highest BCUT2D eigenvalue weighted by Crippen LogP contribution is 2.22. The van der Waals surface area contributed by atoms with E-state index in [2.05, 4.69) is 26.0 Å². The summed E-state index contributed by atoms with van der Waals surface area (Å²) in [6.45, 7) is 4.50. The second kappa shape index (κ2) is 30.0. The molecule has 0 saturated carbocycles. The lowest BCUT2D eigenvalue weighted by molar-refractivity contribution is -0.305. The van der Waals surface area contributed by atoms with Gasteiger partial charge in [-0.2, -0.15) is 0 Å². The molecule has 6 unspecified atom stereocenters. The van der Waals surface area contributed by atoms with Gasteiger partial charge in [0.05, 0.1) is 19.8 Å². The standard InChI is InChI=1S/C37H70O9/c1-3-5-7-9-11-13-15-17-19-21-23-25-27-43-29-31(30-44-37-36(42)35(41)34(40)32(28-38)46-37)45-33(39)26-24-22-20-18-16-14-12-10-8-6-4-2/h9,11,31-32,34-38,40-42H,3-8,10,12-30H2,1-2H3/b11-9-. The topological polar surface area (TPSA) is 135 Å². The van der Waals surface area contributed by atoms with E-state index >= 15 is 0 Å². The molecule has 0 bridgehead atoms. The van der Waals surface area contributed by atoms with Crippen molar-refractivity contribution in [3.63, 3.8) is 0 Å². The molecule has 1 saturated heterocycles. The highest BCUT2D eigenvalue weighted by molar-refractivity contribution is 5.69. The normalized spacial score (nSPS) is 22.4. The number of hydrogen-bond acceptors (Lipinski definition) is 9. The molecule has 0 aromatic heterocycles. The smallest absolute Gasteiger partial charge is 0.306 e. The van der Waals surface area contributed by atoms with E-state index < -0.39 is 43.4 Å². The van der Waals surface area contributed by atoms with Gasteiger partial charge in [0.2, 0.25) is 0 Å². The lowest BCUT2D eigenvalue weighted by Crippen LogP contribution is -2.59. The van der Waals surface area contributed by atoms with Gasteiger partial charge < -0.3 is 39.4 Å². The molecular weight excluding hydrogens is 588 g/mol. The third-order valence-electron chi connectivity index (χ3n) is 8.68. The van der Waals surface area contributed by atoms with E-state index in [1.165, 1.54) is 96.3 Å². The van der Waals surface area contributed by atoms with E-state index in [1.54, 1.807) is 0 Å². The van der Waals surface area contributed by atoms with Crippen molar-refractivity contribution in [2.24, 2.45) is 0 Å². The van der Waals surface area contributed by atoms with Gasteiger partial charge in [-0.05, 0) is 32.1 Å². The molecule has 1 aliphatic heterocycles. The lowest BCUT2D eigenvalue weighted by Gasteiger charge is -2.39. The first kappa shape index (κ1) is 43.0. The number of rotatable bonds is 31. The fourth-order valence-electron chi connectivity index (χ4n) is 5.65. The molecule has 9 heteroatoms. The number of esters is 1. The molecule has 6 atom stereocenters. The number of ether oxygens (including phenoxy) is 4. The Morgan fingerprint density at radius 1 is 0.674 bits per heavy atom. The van der Waals surface area contributed by atoms with Gasteiger partial charge in [-0.3, -0.25) is 4.79 Å². The summed E-state index contributed by atoms with van der Waals surface area (Å²) in [6.07, 6.45) is 22.3. The van der Waals surface area contributed by atoms with Gasteiger partial charge in [-0.25, -0.2) is 0 Å². The number of carbonyl (C=O) groups excluding carboxylic acids is 1. The van der Waals surface area contributed by atoms with E-state index in [0.29, 0.717) is 13.0 Å². The summed E-state index contributed by atoms with van der Waals surface area (Å²) in [5.41, 5.74) is 0. The number of hydrogen-bond donors (Lipinski definition) is 4. The highest BCUT2D eigenvalue weighted by atomic mass is 16.7. The first-order chi connectivity index (χ1) is 22.4. The molecule has 0 aromatic carbocycles. The Morgan fingerprint density at radius 2 is 1.22 bits per heavy atom. The van der Waals surface area contributed by atoms with Gasteiger partial charge in [0.1, 0.15) is 30.5 Å². The molecule has 1 aliphatic rings. The largest absolute Gasteiger partial charge is 0.457 e. The van der Waals surface area contributed by atoms with Crippen LogP contribution in [0.1, 0.15) is 155 Å². The van der Waals surface area contributed by atoms with Gasteiger partial charge in [0.25, 0.3) is 0 Å². The van der Waals surface area contributed by atoms with Crippen LogP contribution in [0.25, 0.3) is 0 Å². The van der Waals surface area contributed by atoms with Crippen LogP contribution in [0.3, 0.4) is 0 Å². The molecule has 4 N–H and O–H groups in total. The van der Waals surface area contributed by atoms with Gasteiger partial charge in [-0.15, -0.1) is 0 Å². The zero-order chi connectivity index (χ0) is 33.7. The van der Waals surface area contributed by atoms with Crippen molar-refractivity contribution in [2.45, 2.75) is 192 Å². The Labute approximate surface area is 280 Å². The Balaban J connectivity index is 2.34. The van der Waals surface area contributed by atoms with Gasteiger partial charge in [0.15, 0.2) is 6.29 Å². The highest BCUT2D eigenvalue weighted by Gasteiger charge is 2.44. The minimum atomic E-state index is -1.53. The van der Waals surface area contributed by atoms with Crippen LogP contribution in [-0.2, 0) is 23.7 Å².